The molecule has 0 spiro atoms. The molecule has 1 amide bonds. The van der Waals surface area contributed by atoms with Gasteiger partial charge in [-0.25, -0.2) is 5.01 Å². The van der Waals surface area contributed by atoms with Crippen LogP contribution in [0.1, 0.15) is 43.2 Å². The highest BCUT2D eigenvalue weighted by atomic mass is 16.5. The second kappa shape index (κ2) is 9.39. The zero-order valence-corrected chi connectivity index (χ0v) is 16.4. The number of hydrogen-bond acceptors (Lipinski definition) is 7. The molecular weight excluding hydrogens is 374 g/mol. The van der Waals surface area contributed by atoms with Gasteiger partial charge < -0.3 is 18.7 Å². The molecule has 1 N–H and O–H groups in total. The van der Waals surface area contributed by atoms with Gasteiger partial charge in [0.15, 0.2) is 0 Å². The number of aliphatic hydroxyl groups is 1. The van der Waals surface area contributed by atoms with Crippen LogP contribution in [0.2, 0.25) is 0 Å². The van der Waals surface area contributed by atoms with Crippen LogP contribution in [0.5, 0.6) is 0 Å². The van der Waals surface area contributed by atoms with Crippen LogP contribution in [0.4, 0.5) is 0 Å². The molecule has 8 heteroatoms. The van der Waals surface area contributed by atoms with Gasteiger partial charge in [-0.15, -0.1) is 0 Å². The smallest absolute Gasteiger partial charge is 0.257 e. The summed E-state index contributed by atoms with van der Waals surface area (Å²) in [6.45, 7) is 2.67. The Bertz CT molecular complexity index is 794. The molecule has 0 bridgehead atoms. The van der Waals surface area contributed by atoms with Gasteiger partial charge in [-0.05, 0) is 43.5 Å². The third-order valence-corrected chi connectivity index (χ3v) is 5.39. The summed E-state index contributed by atoms with van der Waals surface area (Å²) < 4.78 is 16.8. The Hall–Kier alpha value is -2.42. The van der Waals surface area contributed by atoms with Crippen molar-refractivity contribution in [3.8, 4) is 0 Å². The summed E-state index contributed by atoms with van der Waals surface area (Å²) in [6.07, 6.45) is 6.44. The molecule has 1 fully saturated rings. The number of rotatable bonds is 8. The Labute approximate surface area is 169 Å². The van der Waals surface area contributed by atoms with E-state index in [1.807, 2.05) is 24.3 Å². The maximum atomic E-state index is 13.1. The molecule has 2 aromatic heterocycles. The molecule has 0 radical (unpaired) electrons. The van der Waals surface area contributed by atoms with Gasteiger partial charge >= 0.3 is 0 Å². The van der Waals surface area contributed by atoms with Gasteiger partial charge in [0.05, 0.1) is 25.2 Å². The van der Waals surface area contributed by atoms with Gasteiger partial charge in [0.1, 0.15) is 23.3 Å². The van der Waals surface area contributed by atoms with Crippen molar-refractivity contribution in [1.82, 2.24) is 9.91 Å². The van der Waals surface area contributed by atoms with Crippen molar-refractivity contribution < 1.29 is 23.5 Å². The first kappa shape index (κ1) is 19.9. The number of amides is 1. The maximum Gasteiger partial charge on any atom is 0.257 e. The van der Waals surface area contributed by atoms with Gasteiger partial charge in [0.25, 0.3) is 5.91 Å². The highest BCUT2D eigenvalue weighted by Crippen LogP contribution is 2.33. The van der Waals surface area contributed by atoms with Crippen molar-refractivity contribution >= 4 is 11.6 Å². The van der Waals surface area contributed by atoms with Crippen LogP contribution >= 0.6 is 0 Å². The van der Waals surface area contributed by atoms with Gasteiger partial charge in [0, 0.05) is 32.7 Å². The summed E-state index contributed by atoms with van der Waals surface area (Å²) in [7, 11) is 0. The summed E-state index contributed by atoms with van der Waals surface area (Å²) in [4.78, 5) is 15.2. The Kier molecular flexibility index (Phi) is 6.43. The summed E-state index contributed by atoms with van der Waals surface area (Å²) in [5.74, 6) is 1.35. The molecule has 0 aromatic carbocycles. The van der Waals surface area contributed by atoms with E-state index >= 15 is 0 Å². The second-order valence-electron chi connectivity index (χ2n) is 7.42. The average molecular weight is 401 g/mol. The number of carbonyl (C=O) groups excluding carboxylic acids is 1. The molecule has 2 aromatic rings. The van der Waals surface area contributed by atoms with Crippen LogP contribution in [0.15, 0.2) is 50.7 Å². The monoisotopic (exact) mass is 401 g/mol. The molecule has 4 heterocycles. The Morgan fingerprint density at radius 1 is 1.21 bits per heavy atom. The lowest BCUT2D eigenvalue weighted by Crippen LogP contribution is -2.43. The molecule has 2 aliphatic heterocycles. The Morgan fingerprint density at radius 3 is 2.69 bits per heavy atom. The summed E-state index contributed by atoms with van der Waals surface area (Å²) in [5.41, 5.74) is 0.751. The van der Waals surface area contributed by atoms with Crippen LogP contribution in [0, 0.1) is 0 Å². The van der Waals surface area contributed by atoms with E-state index in [9.17, 15) is 4.79 Å². The van der Waals surface area contributed by atoms with Crippen molar-refractivity contribution in [3.05, 3.63) is 48.3 Å². The predicted molar refractivity (Wildman–Crippen MR) is 105 cm³/mol. The van der Waals surface area contributed by atoms with E-state index in [0.29, 0.717) is 31.8 Å². The van der Waals surface area contributed by atoms with Crippen molar-refractivity contribution in [2.24, 2.45) is 5.10 Å². The topological polar surface area (TPSA) is 91.7 Å². The molecule has 1 saturated heterocycles. The van der Waals surface area contributed by atoms with E-state index in [-0.39, 0.29) is 24.7 Å². The summed E-state index contributed by atoms with van der Waals surface area (Å²) in [5, 5.41) is 15.0. The van der Waals surface area contributed by atoms with Gasteiger partial charge in [-0.2, -0.15) is 5.10 Å². The number of ether oxygens (including phenoxy) is 1. The van der Waals surface area contributed by atoms with Gasteiger partial charge in [-0.3, -0.25) is 9.69 Å². The normalized spacial score (nSPS) is 20.9. The standard InChI is InChI=1S/C21H27N3O5/c25-10-3-13-27-16-6-8-23(9-7-16)15-21(26)24-18(20-5-2-12-29-20)14-17(22-24)19-4-1-11-28-19/h1-2,4-5,11-12,16,18,25H,3,6-10,13-15H2/t18-/m1/s1. The summed E-state index contributed by atoms with van der Waals surface area (Å²) >= 11 is 0. The lowest BCUT2D eigenvalue weighted by Gasteiger charge is -2.32. The molecule has 0 unspecified atom stereocenters. The van der Waals surface area contributed by atoms with Crippen LogP contribution in [-0.4, -0.2) is 65.6 Å². The minimum Gasteiger partial charge on any atom is -0.467 e. The highest BCUT2D eigenvalue weighted by molar-refractivity contribution is 6.01. The number of furan rings is 2. The predicted octanol–water partition coefficient (Wildman–Crippen LogP) is 2.41. The van der Waals surface area contributed by atoms with E-state index in [4.69, 9.17) is 18.7 Å². The fourth-order valence-corrected chi connectivity index (χ4v) is 3.85. The van der Waals surface area contributed by atoms with E-state index < -0.39 is 0 Å². The molecule has 0 aliphatic carbocycles. The fourth-order valence-electron chi connectivity index (χ4n) is 3.85. The lowest BCUT2D eigenvalue weighted by molar-refractivity contribution is -0.135. The first-order valence-corrected chi connectivity index (χ1v) is 10.2. The number of nitrogens with zero attached hydrogens (tertiary/aromatic N) is 3. The number of carbonyl (C=O) groups is 1. The quantitative estimate of drug-likeness (QED) is 0.683. The highest BCUT2D eigenvalue weighted by Gasteiger charge is 2.36. The first-order valence-electron chi connectivity index (χ1n) is 10.2. The molecule has 29 heavy (non-hydrogen) atoms. The Balaban J connectivity index is 1.37. The third-order valence-electron chi connectivity index (χ3n) is 5.39. The minimum atomic E-state index is -0.253. The van der Waals surface area contributed by atoms with Crippen molar-refractivity contribution in [1.29, 1.82) is 0 Å². The van der Waals surface area contributed by atoms with Crippen molar-refractivity contribution in [2.75, 3.05) is 32.8 Å². The van der Waals surface area contributed by atoms with E-state index in [0.717, 1.165) is 37.4 Å². The zero-order valence-electron chi connectivity index (χ0n) is 16.4. The van der Waals surface area contributed by atoms with Gasteiger partial charge in [-0.1, -0.05) is 0 Å². The third kappa shape index (κ3) is 4.77. The molecular formula is C21H27N3O5. The number of piperidine rings is 1. The van der Waals surface area contributed by atoms with E-state index in [2.05, 4.69) is 10.0 Å². The maximum absolute atomic E-state index is 13.1. The zero-order chi connectivity index (χ0) is 20.1. The fraction of sp³-hybridized carbons (Fsp3) is 0.524. The minimum absolute atomic E-state index is 0.0485. The molecule has 8 nitrogen and oxygen atoms in total. The number of likely N-dealkylation sites (tertiary alicyclic amines) is 1. The number of hydrogen-bond donors (Lipinski definition) is 1. The van der Waals surface area contributed by atoms with Gasteiger partial charge in [0.2, 0.25) is 0 Å². The molecule has 2 aliphatic rings. The first-order chi connectivity index (χ1) is 14.2. The lowest BCUT2D eigenvalue weighted by atomic mass is 10.1. The number of aliphatic hydroxyl groups excluding tert-OH is 1. The SMILES string of the molecule is O=C(CN1CCC(OCCCO)CC1)N1N=C(c2ccco2)C[C@@H]1c1ccco1. The molecule has 156 valence electrons. The van der Waals surface area contributed by atoms with Crippen LogP contribution in [-0.2, 0) is 9.53 Å². The largest absolute Gasteiger partial charge is 0.467 e. The van der Waals surface area contributed by atoms with Crippen LogP contribution < -0.4 is 0 Å². The molecule has 4 rings (SSSR count). The van der Waals surface area contributed by atoms with Crippen molar-refractivity contribution in [2.45, 2.75) is 37.8 Å². The molecule has 0 saturated carbocycles. The van der Waals surface area contributed by atoms with Crippen LogP contribution in [0.3, 0.4) is 0 Å². The van der Waals surface area contributed by atoms with Crippen molar-refractivity contribution in [3.63, 3.8) is 0 Å². The van der Waals surface area contributed by atoms with E-state index in [1.54, 1.807) is 17.5 Å². The number of hydrazone groups is 1. The van der Waals surface area contributed by atoms with E-state index in [1.165, 1.54) is 0 Å². The molecule has 1 atom stereocenters. The Morgan fingerprint density at radius 2 is 2.00 bits per heavy atom. The average Bonchev–Trinajstić information content (AvgIpc) is 3.49. The second-order valence-corrected chi connectivity index (χ2v) is 7.42. The summed E-state index contributed by atoms with van der Waals surface area (Å²) in [6, 6.07) is 7.12. The van der Waals surface area contributed by atoms with Crippen LogP contribution in [0.25, 0.3) is 0 Å².